The Labute approximate surface area is 195 Å². The minimum Gasteiger partial charge on any atom is -0.332 e. The summed E-state index contributed by atoms with van der Waals surface area (Å²) in [5, 5.41) is 8.28. The Morgan fingerprint density at radius 2 is 1.97 bits per heavy atom. The molecule has 4 aromatic rings. The fraction of sp³-hybridized carbons (Fsp3) is 0.280. The lowest BCUT2D eigenvalue weighted by Gasteiger charge is -2.15. The van der Waals surface area contributed by atoms with Gasteiger partial charge in [-0.3, -0.25) is 9.59 Å². The average Bonchev–Trinajstić information content (AvgIpc) is 3.36. The molecule has 0 spiro atoms. The van der Waals surface area contributed by atoms with Crippen LogP contribution >= 0.6 is 11.8 Å². The number of benzene rings is 1. The molecule has 1 N–H and O–H groups in total. The van der Waals surface area contributed by atoms with E-state index < -0.39 is 5.91 Å². The molecular weight excluding hydrogens is 434 g/mol. The van der Waals surface area contributed by atoms with Crippen LogP contribution in [0.3, 0.4) is 0 Å². The van der Waals surface area contributed by atoms with Gasteiger partial charge in [-0.2, -0.15) is 16.9 Å². The number of nitrogens with zero attached hydrogens (tertiary/aromatic N) is 4. The first-order chi connectivity index (χ1) is 15.9. The summed E-state index contributed by atoms with van der Waals surface area (Å²) < 4.78 is 3.65. The van der Waals surface area contributed by atoms with E-state index in [1.165, 1.54) is 0 Å². The predicted octanol–water partition coefficient (Wildman–Crippen LogP) is 4.53. The van der Waals surface area contributed by atoms with Crippen molar-refractivity contribution in [2.75, 3.05) is 5.32 Å². The number of pyridine rings is 2. The zero-order valence-corrected chi connectivity index (χ0v) is 19.9. The van der Waals surface area contributed by atoms with Crippen molar-refractivity contribution in [1.82, 2.24) is 19.3 Å². The van der Waals surface area contributed by atoms with Crippen LogP contribution in [0.1, 0.15) is 45.4 Å². The van der Waals surface area contributed by atoms with Gasteiger partial charge in [0.15, 0.2) is 0 Å². The lowest BCUT2D eigenvalue weighted by Crippen LogP contribution is -2.25. The molecule has 0 atom stereocenters. The number of carbonyl (C=O) groups is 1. The molecule has 0 unspecified atom stereocenters. The van der Waals surface area contributed by atoms with Crippen LogP contribution in [0.5, 0.6) is 0 Å². The van der Waals surface area contributed by atoms with Crippen LogP contribution < -0.4 is 10.7 Å². The van der Waals surface area contributed by atoms with Crippen LogP contribution in [0.4, 0.5) is 5.82 Å². The lowest BCUT2D eigenvalue weighted by molar-refractivity contribution is 0.102. The standard InChI is InChI=1S/C25H25N5O2S/c1-5-29-11-18(22(31)17-8-7-16(4)26-23(17)29)25(32)27-24-19-12-33-13-20(19)28-30(24)21-9-6-14(2)10-15(21)3/h6-11H,5,12-13H2,1-4H3,(H,27,32). The van der Waals surface area contributed by atoms with Crippen LogP contribution in [-0.4, -0.2) is 25.2 Å². The highest BCUT2D eigenvalue weighted by Gasteiger charge is 2.26. The number of carbonyl (C=O) groups excluding carboxylic acids is 1. The first-order valence-corrected chi connectivity index (χ1v) is 12.1. The largest absolute Gasteiger partial charge is 0.332 e. The molecule has 0 fully saturated rings. The van der Waals surface area contributed by atoms with E-state index in [-0.39, 0.29) is 11.0 Å². The van der Waals surface area contributed by atoms with E-state index in [1.54, 1.807) is 34.8 Å². The number of amides is 1. The first kappa shape index (κ1) is 21.5. The SMILES string of the molecule is CCn1cc(C(=O)Nc2c3c(nn2-c2ccc(C)cc2C)CSC3)c(=O)c2ccc(C)nc21. The number of aromatic nitrogens is 4. The highest BCUT2D eigenvalue weighted by atomic mass is 32.2. The number of thioether (sulfide) groups is 1. The van der Waals surface area contributed by atoms with Crippen molar-refractivity contribution in [3.63, 3.8) is 0 Å². The van der Waals surface area contributed by atoms with E-state index in [4.69, 9.17) is 5.10 Å². The van der Waals surface area contributed by atoms with Crippen LogP contribution in [-0.2, 0) is 18.1 Å². The Morgan fingerprint density at radius 3 is 2.73 bits per heavy atom. The highest BCUT2D eigenvalue weighted by Crippen LogP contribution is 2.36. The van der Waals surface area contributed by atoms with Crippen molar-refractivity contribution in [1.29, 1.82) is 0 Å². The molecule has 0 aliphatic carbocycles. The van der Waals surface area contributed by atoms with E-state index in [1.807, 2.05) is 44.4 Å². The van der Waals surface area contributed by atoms with Gasteiger partial charge in [-0.1, -0.05) is 17.7 Å². The molecular formula is C25H25N5O2S. The summed E-state index contributed by atoms with van der Waals surface area (Å²) in [5.74, 6) is 1.78. The number of hydrogen-bond acceptors (Lipinski definition) is 5. The maximum atomic E-state index is 13.4. The monoisotopic (exact) mass is 459 g/mol. The quantitative estimate of drug-likeness (QED) is 0.485. The van der Waals surface area contributed by atoms with Crippen LogP contribution in [0.15, 0.2) is 41.3 Å². The lowest BCUT2D eigenvalue weighted by atomic mass is 10.1. The molecule has 1 aromatic carbocycles. The van der Waals surface area contributed by atoms with Gasteiger partial charge in [0.2, 0.25) is 5.43 Å². The van der Waals surface area contributed by atoms with Gasteiger partial charge in [0, 0.05) is 35.5 Å². The van der Waals surface area contributed by atoms with E-state index in [9.17, 15) is 9.59 Å². The Hall–Kier alpha value is -3.39. The molecule has 1 aliphatic heterocycles. The fourth-order valence-electron chi connectivity index (χ4n) is 4.30. The second kappa shape index (κ2) is 8.19. The van der Waals surface area contributed by atoms with Crippen molar-refractivity contribution in [3.05, 3.63) is 80.4 Å². The summed E-state index contributed by atoms with van der Waals surface area (Å²) in [7, 11) is 0. The third-order valence-corrected chi connectivity index (χ3v) is 6.98. The summed E-state index contributed by atoms with van der Waals surface area (Å²) in [6.07, 6.45) is 1.61. The van der Waals surface area contributed by atoms with Gasteiger partial charge in [0.25, 0.3) is 5.91 Å². The molecule has 0 bridgehead atoms. The summed E-state index contributed by atoms with van der Waals surface area (Å²) in [5.41, 5.74) is 6.34. The smallest absolute Gasteiger partial charge is 0.262 e. The van der Waals surface area contributed by atoms with Gasteiger partial charge in [-0.25, -0.2) is 9.67 Å². The highest BCUT2D eigenvalue weighted by molar-refractivity contribution is 7.98. The summed E-state index contributed by atoms with van der Waals surface area (Å²) in [6.45, 7) is 8.54. The zero-order valence-electron chi connectivity index (χ0n) is 19.1. The predicted molar refractivity (Wildman–Crippen MR) is 132 cm³/mol. The molecule has 33 heavy (non-hydrogen) atoms. The molecule has 0 saturated carbocycles. The van der Waals surface area contributed by atoms with E-state index in [2.05, 4.69) is 16.4 Å². The molecule has 8 heteroatoms. The van der Waals surface area contributed by atoms with Crippen molar-refractivity contribution < 1.29 is 4.79 Å². The van der Waals surface area contributed by atoms with E-state index in [0.717, 1.165) is 45.3 Å². The molecule has 0 radical (unpaired) electrons. The van der Waals surface area contributed by atoms with Gasteiger partial charge >= 0.3 is 0 Å². The van der Waals surface area contributed by atoms with Gasteiger partial charge in [0.1, 0.15) is 17.0 Å². The second-order valence-electron chi connectivity index (χ2n) is 8.40. The minimum atomic E-state index is -0.435. The molecule has 1 aliphatic rings. The third-order valence-electron chi connectivity index (χ3n) is 6.01. The Morgan fingerprint density at radius 1 is 1.15 bits per heavy atom. The van der Waals surface area contributed by atoms with Crippen LogP contribution in [0.2, 0.25) is 0 Å². The molecule has 5 rings (SSSR count). The number of fused-ring (bicyclic) bond motifs is 2. The minimum absolute atomic E-state index is 0.0998. The number of nitrogens with one attached hydrogen (secondary N) is 1. The maximum Gasteiger partial charge on any atom is 0.262 e. The van der Waals surface area contributed by atoms with Gasteiger partial charge < -0.3 is 9.88 Å². The third kappa shape index (κ3) is 3.64. The van der Waals surface area contributed by atoms with Crippen molar-refractivity contribution in [3.8, 4) is 5.69 Å². The molecule has 3 aromatic heterocycles. The number of aryl methyl sites for hydroxylation is 4. The second-order valence-corrected chi connectivity index (χ2v) is 9.39. The van der Waals surface area contributed by atoms with Gasteiger partial charge in [0.05, 0.1) is 16.8 Å². The number of hydrogen-bond donors (Lipinski definition) is 1. The zero-order chi connectivity index (χ0) is 23.3. The molecule has 4 heterocycles. The van der Waals surface area contributed by atoms with Gasteiger partial charge in [-0.05, 0) is 51.5 Å². The van der Waals surface area contributed by atoms with Crippen molar-refractivity contribution >= 4 is 34.5 Å². The van der Waals surface area contributed by atoms with Crippen LogP contribution in [0, 0.1) is 20.8 Å². The molecule has 1 amide bonds. The van der Waals surface area contributed by atoms with E-state index in [0.29, 0.717) is 23.4 Å². The van der Waals surface area contributed by atoms with Crippen molar-refractivity contribution in [2.24, 2.45) is 0 Å². The average molecular weight is 460 g/mol. The van der Waals surface area contributed by atoms with Crippen molar-refractivity contribution in [2.45, 2.75) is 45.7 Å². The Balaban J connectivity index is 1.62. The van der Waals surface area contributed by atoms with E-state index >= 15 is 0 Å². The topological polar surface area (TPSA) is 81.8 Å². The summed E-state index contributed by atoms with van der Waals surface area (Å²) in [6, 6.07) is 9.69. The first-order valence-electron chi connectivity index (χ1n) is 11.0. The summed E-state index contributed by atoms with van der Waals surface area (Å²) in [4.78, 5) is 31.2. The fourth-order valence-corrected chi connectivity index (χ4v) is 5.33. The Bertz CT molecular complexity index is 1480. The number of anilines is 1. The molecule has 7 nitrogen and oxygen atoms in total. The van der Waals surface area contributed by atoms with Gasteiger partial charge in [-0.15, -0.1) is 0 Å². The van der Waals surface area contributed by atoms with Crippen LogP contribution in [0.25, 0.3) is 16.7 Å². The molecule has 0 saturated heterocycles. The maximum absolute atomic E-state index is 13.4. The normalized spacial score (nSPS) is 12.8. The number of rotatable bonds is 4. The molecule has 168 valence electrons. The summed E-state index contributed by atoms with van der Waals surface area (Å²) >= 11 is 1.77. The Kier molecular flexibility index (Phi) is 5.32.